The molecule has 0 spiro atoms. The number of nitrogens with one attached hydrogen (secondary N) is 1. The molecule has 1 unspecified atom stereocenters. The molecule has 3 rings (SSSR count). The molecule has 1 aliphatic heterocycles. The summed E-state index contributed by atoms with van der Waals surface area (Å²) in [5.41, 5.74) is 1.15. The number of tetrazole rings is 1. The number of rotatable bonds is 3. The third-order valence-electron chi connectivity index (χ3n) is 3.98. The number of carbonyl (C=O) groups is 1. The molecule has 1 saturated heterocycles. The Morgan fingerprint density at radius 3 is 3.09 bits per heavy atom. The number of ether oxygens (including phenoxy) is 1. The minimum atomic E-state index is -0.0966. The van der Waals surface area contributed by atoms with Crippen LogP contribution in [0.3, 0.4) is 0 Å². The fraction of sp³-hybridized carbons (Fsp3) is 0.467. The summed E-state index contributed by atoms with van der Waals surface area (Å²) in [6, 6.07) is 5.16. The predicted octanol–water partition coefficient (Wildman–Crippen LogP) is 2.16. The smallest absolute Gasteiger partial charge is 0.255 e. The highest BCUT2D eigenvalue weighted by molar-refractivity contribution is 6.34. The lowest BCUT2D eigenvalue weighted by atomic mass is 10.1. The van der Waals surface area contributed by atoms with Crippen LogP contribution in [0.1, 0.15) is 30.1 Å². The van der Waals surface area contributed by atoms with E-state index in [1.165, 1.54) is 0 Å². The van der Waals surface area contributed by atoms with Crippen molar-refractivity contribution in [2.75, 3.05) is 19.7 Å². The number of H-pyrrole nitrogens is 1. The average Bonchev–Trinajstić information content (AvgIpc) is 2.99. The van der Waals surface area contributed by atoms with Gasteiger partial charge in [0.25, 0.3) is 5.91 Å². The van der Waals surface area contributed by atoms with Gasteiger partial charge in [0.15, 0.2) is 0 Å². The van der Waals surface area contributed by atoms with Crippen molar-refractivity contribution in [3.8, 4) is 11.4 Å². The van der Waals surface area contributed by atoms with Gasteiger partial charge in [-0.25, -0.2) is 0 Å². The van der Waals surface area contributed by atoms with Crippen molar-refractivity contribution >= 4 is 17.5 Å². The SMILES string of the molecule is CCC1CCN(C(=O)c2cc(-c3nn[nH]n3)ccc2Cl)CCO1. The van der Waals surface area contributed by atoms with Crippen molar-refractivity contribution in [3.05, 3.63) is 28.8 Å². The maximum atomic E-state index is 12.8. The number of amides is 1. The lowest BCUT2D eigenvalue weighted by molar-refractivity contribution is 0.0570. The molecule has 0 saturated carbocycles. The van der Waals surface area contributed by atoms with E-state index in [1.54, 1.807) is 23.1 Å². The van der Waals surface area contributed by atoms with E-state index in [4.69, 9.17) is 16.3 Å². The van der Waals surface area contributed by atoms with Crippen LogP contribution in [0.15, 0.2) is 18.2 Å². The van der Waals surface area contributed by atoms with E-state index in [2.05, 4.69) is 27.5 Å². The van der Waals surface area contributed by atoms with Crippen molar-refractivity contribution in [1.82, 2.24) is 25.5 Å². The van der Waals surface area contributed by atoms with Crippen molar-refractivity contribution < 1.29 is 9.53 Å². The van der Waals surface area contributed by atoms with Gasteiger partial charge >= 0.3 is 0 Å². The zero-order valence-corrected chi connectivity index (χ0v) is 13.6. The molecule has 8 heteroatoms. The number of carbonyl (C=O) groups excluding carboxylic acids is 1. The second kappa shape index (κ2) is 7.06. The summed E-state index contributed by atoms with van der Waals surface area (Å²) in [5, 5.41) is 14.2. The molecule has 7 nitrogen and oxygen atoms in total. The van der Waals surface area contributed by atoms with E-state index in [9.17, 15) is 4.79 Å². The van der Waals surface area contributed by atoms with Crippen LogP contribution < -0.4 is 0 Å². The topological polar surface area (TPSA) is 84.0 Å². The Bertz CT molecular complexity index is 677. The fourth-order valence-corrected chi connectivity index (χ4v) is 2.83. The van der Waals surface area contributed by atoms with Gasteiger partial charge in [0, 0.05) is 18.7 Å². The van der Waals surface area contributed by atoms with Crippen LogP contribution in [0.5, 0.6) is 0 Å². The summed E-state index contributed by atoms with van der Waals surface area (Å²) < 4.78 is 5.72. The summed E-state index contributed by atoms with van der Waals surface area (Å²) in [7, 11) is 0. The van der Waals surface area contributed by atoms with Gasteiger partial charge in [-0.15, -0.1) is 10.2 Å². The average molecular weight is 336 g/mol. The number of halogens is 1. The highest BCUT2D eigenvalue weighted by atomic mass is 35.5. The number of aromatic amines is 1. The predicted molar refractivity (Wildman–Crippen MR) is 85.2 cm³/mol. The lowest BCUT2D eigenvalue weighted by Gasteiger charge is -2.20. The van der Waals surface area contributed by atoms with Crippen molar-refractivity contribution in [1.29, 1.82) is 0 Å². The minimum Gasteiger partial charge on any atom is -0.376 e. The first-order valence-corrected chi connectivity index (χ1v) is 8.01. The molecule has 1 aliphatic rings. The van der Waals surface area contributed by atoms with Crippen molar-refractivity contribution in [3.63, 3.8) is 0 Å². The van der Waals surface area contributed by atoms with Gasteiger partial charge in [0.05, 0.1) is 23.3 Å². The number of aromatic nitrogens is 4. The molecule has 23 heavy (non-hydrogen) atoms. The largest absolute Gasteiger partial charge is 0.376 e. The van der Waals surface area contributed by atoms with Gasteiger partial charge in [-0.05, 0) is 36.3 Å². The molecule has 1 atom stereocenters. The van der Waals surface area contributed by atoms with Gasteiger partial charge in [-0.1, -0.05) is 18.5 Å². The van der Waals surface area contributed by atoms with Crippen LogP contribution in [0.2, 0.25) is 5.02 Å². The van der Waals surface area contributed by atoms with E-state index >= 15 is 0 Å². The Labute approximate surface area is 139 Å². The first-order valence-electron chi connectivity index (χ1n) is 7.63. The second-order valence-electron chi connectivity index (χ2n) is 5.41. The Morgan fingerprint density at radius 1 is 1.48 bits per heavy atom. The molecule has 0 aliphatic carbocycles. The Morgan fingerprint density at radius 2 is 2.35 bits per heavy atom. The third kappa shape index (κ3) is 3.51. The number of benzene rings is 1. The molecule has 1 aromatic carbocycles. The zero-order chi connectivity index (χ0) is 16.2. The lowest BCUT2D eigenvalue weighted by Crippen LogP contribution is -2.33. The molecule has 122 valence electrons. The van der Waals surface area contributed by atoms with Crippen LogP contribution in [0.25, 0.3) is 11.4 Å². The fourth-order valence-electron chi connectivity index (χ4n) is 2.63. The summed E-state index contributed by atoms with van der Waals surface area (Å²) in [5.74, 6) is 0.335. The molecule has 0 bridgehead atoms. The van der Waals surface area contributed by atoms with Crippen LogP contribution in [0, 0.1) is 0 Å². The van der Waals surface area contributed by atoms with Gasteiger partial charge in [-0.2, -0.15) is 5.21 Å². The highest BCUT2D eigenvalue weighted by Crippen LogP contribution is 2.24. The molecule has 0 radical (unpaired) electrons. The van der Waals surface area contributed by atoms with E-state index < -0.39 is 0 Å². The molecule has 2 heterocycles. The highest BCUT2D eigenvalue weighted by Gasteiger charge is 2.23. The maximum absolute atomic E-state index is 12.8. The van der Waals surface area contributed by atoms with Gasteiger partial charge in [0.1, 0.15) is 0 Å². The molecule has 2 aromatic rings. The van der Waals surface area contributed by atoms with Crippen LogP contribution in [-0.2, 0) is 4.74 Å². The first-order chi connectivity index (χ1) is 11.2. The second-order valence-corrected chi connectivity index (χ2v) is 5.82. The maximum Gasteiger partial charge on any atom is 0.255 e. The monoisotopic (exact) mass is 335 g/mol. The summed E-state index contributed by atoms with van der Waals surface area (Å²) in [6.45, 7) is 3.87. The van der Waals surface area contributed by atoms with E-state index in [1.807, 2.05) is 0 Å². The standard InChI is InChI=1S/C15H18ClN5O2/c1-2-11-5-6-21(7-8-23-11)15(22)12-9-10(3-4-13(12)16)14-17-19-20-18-14/h3-4,9,11H,2,5-8H2,1H3,(H,17,18,19,20). The minimum absolute atomic E-state index is 0.0966. The van der Waals surface area contributed by atoms with Gasteiger partial charge in [-0.3, -0.25) is 4.79 Å². The Hall–Kier alpha value is -1.99. The Balaban J connectivity index is 1.83. The summed E-state index contributed by atoms with van der Waals surface area (Å²) >= 11 is 6.23. The molecule has 1 N–H and O–H groups in total. The van der Waals surface area contributed by atoms with Gasteiger partial charge in [0.2, 0.25) is 5.82 Å². The first kappa shape index (κ1) is 15.9. The molecular formula is C15H18ClN5O2. The van der Waals surface area contributed by atoms with Gasteiger partial charge < -0.3 is 9.64 Å². The van der Waals surface area contributed by atoms with Crippen LogP contribution in [-0.4, -0.2) is 57.2 Å². The van der Waals surface area contributed by atoms with E-state index in [0.717, 1.165) is 12.8 Å². The molecule has 1 amide bonds. The van der Waals surface area contributed by atoms with E-state index in [-0.39, 0.29) is 12.0 Å². The Kier molecular flexibility index (Phi) is 4.88. The molecule has 1 aromatic heterocycles. The van der Waals surface area contributed by atoms with Crippen LogP contribution >= 0.6 is 11.6 Å². The van der Waals surface area contributed by atoms with Crippen molar-refractivity contribution in [2.45, 2.75) is 25.9 Å². The number of hydrogen-bond acceptors (Lipinski definition) is 5. The van der Waals surface area contributed by atoms with Crippen molar-refractivity contribution in [2.24, 2.45) is 0 Å². The molecular weight excluding hydrogens is 318 g/mol. The number of nitrogens with zero attached hydrogens (tertiary/aromatic N) is 4. The zero-order valence-electron chi connectivity index (χ0n) is 12.8. The molecule has 1 fully saturated rings. The normalized spacial score (nSPS) is 18.7. The summed E-state index contributed by atoms with van der Waals surface area (Å²) in [4.78, 5) is 14.6. The van der Waals surface area contributed by atoms with E-state index in [0.29, 0.717) is 41.7 Å². The summed E-state index contributed by atoms with van der Waals surface area (Å²) in [6.07, 6.45) is 2.01. The quantitative estimate of drug-likeness (QED) is 0.929. The number of hydrogen-bond donors (Lipinski definition) is 1. The van der Waals surface area contributed by atoms with Crippen LogP contribution in [0.4, 0.5) is 0 Å². The third-order valence-corrected chi connectivity index (χ3v) is 4.31.